The number of aliphatic hydroxyl groups is 1. The zero-order valence-corrected chi connectivity index (χ0v) is 20.8. The summed E-state index contributed by atoms with van der Waals surface area (Å²) in [6.07, 6.45) is 14.9. The van der Waals surface area contributed by atoms with E-state index in [1.165, 1.54) is 0 Å². The van der Waals surface area contributed by atoms with Gasteiger partial charge in [0.1, 0.15) is 0 Å². The number of hydrogen-bond acceptors (Lipinski definition) is 6. The summed E-state index contributed by atoms with van der Waals surface area (Å²) in [5.74, 6) is -0.0919. The maximum atomic E-state index is 13.3. The molecule has 0 aromatic carbocycles. The van der Waals surface area contributed by atoms with E-state index in [-0.39, 0.29) is 17.8 Å². The second-order valence-corrected chi connectivity index (χ2v) is 10.3. The highest BCUT2D eigenvalue weighted by atomic mass is 16.5. The van der Waals surface area contributed by atoms with E-state index in [0.29, 0.717) is 11.6 Å². The summed E-state index contributed by atoms with van der Waals surface area (Å²) in [7, 11) is 1.89. The van der Waals surface area contributed by atoms with Crippen molar-refractivity contribution < 1.29 is 19.8 Å². The molecule has 5 N–H and O–H groups in total. The van der Waals surface area contributed by atoms with Crippen LogP contribution in [0.2, 0.25) is 0 Å². The number of amides is 1. The van der Waals surface area contributed by atoms with Gasteiger partial charge in [-0.3, -0.25) is 10.0 Å². The van der Waals surface area contributed by atoms with E-state index in [9.17, 15) is 15.1 Å². The van der Waals surface area contributed by atoms with Crippen LogP contribution in [0.1, 0.15) is 67.5 Å². The standard InChI is InChI=1S/C27H34N6O3/c1-27(35)11-9-20(10-12-27)29-17-19-15-22(25(16-21(19)28-2)32-14-4-13-30-32)31-26(34)24-6-3-5-23(33(24)36)18-7-8-18/h3-6,13-18,20-21,28,34-36H,7-12H2,1-2H3/p+1. The van der Waals surface area contributed by atoms with E-state index in [2.05, 4.69) is 21.0 Å². The number of hydrogen-bond donors (Lipinski definition) is 5. The molecule has 0 bridgehead atoms. The highest BCUT2D eigenvalue weighted by molar-refractivity contribution is 5.94. The van der Waals surface area contributed by atoms with Crippen LogP contribution < -0.4 is 20.7 Å². The van der Waals surface area contributed by atoms with Crippen LogP contribution in [0.25, 0.3) is 5.70 Å². The summed E-state index contributed by atoms with van der Waals surface area (Å²) in [5.41, 5.74) is 2.66. The molecule has 36 heavy (non-hydrogen) atoms. The fraction of sp³-hybridized carbons (Fsp3) is 0.444. The predicted molar refractivity (Wildman–Crippen MR) is 135 cm³/mol. The Hall–Kier alpha value is -3.43. The minimum atomic E-state index is -0.581. The van der Waals surface area contributed by atoms with Crippen LogP contribution in [-0.2, 0) is 0 Å². The summed E-state index contributed by atoms with van der Waals surface area (Å²) in [5, 5.41) is 35.2. The monoisotopic (exact) mass is 491 g/mol. The normalized spacial score (nSPS) is 27.4. The lowest BCUT2D eigenvalue weighted by Crippen LogP contribution is -2.45. The minimum Gasteiger partial charge on any atom is -0.390 e. The second kappa shape index (κ2) is 9.91. The molecule has 1 atom stereocenters. The van der Waals surface area contributed by atoms with Crippen molar-refractivity contribution in [3.8, 4) is 0 Å². The number of nitrogens with one attached hydrogen (secondary N) is 3. The molecule has 2 aromatic rings. The molecule has 2 heterocycles. The van der Waals surface area contributed by atoms with Gasteiger partial charge in [-0.05, 0) is 82.4 Å². The van der Waals surface area contributed by atoms with Gasteiger partial charge in [-0.15, -0.1) is 0 Å². The van der Waals surface area contributed by atoms with E-state index < -0.39 is 11.5 Å². The van der Waals surface area contributed by atoms with Crippen LogP contribution in [0.5, 0.6) is 0 Å². The lowest BCUT2D eigenvalue weighted by atomic mass is 9.83. The maximum absolute atomic E-state index is 13.3. The van der Waals surface area contributed by atoms with Crippen LogP contribution in [0, 0.1) is 0 Å². The Morgan fingerprint density at radius 2 is 2.00 bits per heavy atom. The topological polar surface area (TPSA) is 115 Å². The van der Waals surface area contributed by atoms with Gasteiger partial charge in [-0.1, -0.05) is 0 Å². The Bertz CT molecular complexity index is 1200. The first-order valence-electron chi connectivity index (χ1n) is 12.7. The average Bonchev–Trinajstić information content (AvgIpc) is 3.56. The van der Waals surface area contributed by atoms with Crippen molar-refractivity contribution in [2.45, 2.75) is 69.1 Å². The van der Waals surface area contributed by atoms with E-state index in [4.69, 9.17) is 0 Å². The van der Waals surface area contributed by atoms with Gasteiger partial charge in [0.05, 0.1) is 23.0 Å². The first kappa shape index (κ1) is 24.3. The van der Waals surface area contributed by atoms with Crippen molar-refractivity contribution in [3.63, 3.8) is 0 Å². The van der Waals surface area contributed by atoms with Crippen LogP contribution in [0.3, 0.4) is 0 Å². The molecule has 5 rings (SSSR count). The smallest absolute Gasteiger partial charge is 0.325 e. The SMILES string of the molecule is CNC1C=C(n2cccn2)C(NC(=O)c2cccc(C3CC3)[n+]2O)=C/C1=C/NC1CCC(C)(O)CC1. The Morgan fingerprint density at radius 3 is 2.67 bits per heavy atom. The Morgan fingerprint density at radius 1 is 1.22 bits per heavy atom. The fourth-order valence-electron chi connectivity index (χ4n) is 4.95. The third-order valence-electron chi connectivity index (χ3n) is 7.35. The third-order valence-corrected chi connectivity index (χ3v) is 7.35. The highest BCUT2D eigenvalue weighted by Gasteiger charge is 2.36. The third kappa shape index (κ3) is 5.22. The van der Waals surface area contributed by atoms with E-state index in [1.54, 1.807) is 16.9 Å². The molecule has 1 amide bonds. The Labute approximate surface area is 211 Å². The molecule has 190 valence electrons. The Balaban J connectivity index is 1.41. The van der Waals surface area contributed by atoms with Gasteiger partial charge < -0.3 is 21.1 Å². The van der Waals surface area contributed by atoms with Crippen LogP contribution >= 0.6 is 0 Å². The van der Waals surface area contributed by atoms with Gasteiger partial charge in [0.2, 0.25) is 5.69 Å². The fourth-order valence-corrected chi connectivity index (χ4v) is 4.95. The lowest BCUT2D eigenvalue weighted by molar-refractivity contribution is -0.910. The molecule has 0 saturated heterocycles. The molecule has 2 saturated carbocycles. The number of carbonyl (C=O) groups excluding carboxylic acids is 1. The molecule has 0 aliphatic heterocycles. The van der Waals surface area contributed by atoms with Gasteiger partial charge in [0.25, 0.3) is 0 Å². The minimum absolute atomic E-state index is 0.0926. The van der Waals surface area contributed by atoms with Gasteiger partial charge >= 0.3 is 11.6 Å². The number of pyridine rings is 1. The van der Waals surface area contributed by atoms with Crippen molar-refractivity contribution in [2.24, 2.45) is 0 Å². The summed E-state index contributed by atoms with van der Waals surface area (Å²) < 4.78 is 2.73. The molecule has 2 fully saturated rings. The molecule has 2 aromatic heterocycles. The van der Waals surface area contributed by atoms with Gasteiger partial charge in [0.15, 0.2) is 0 Å². The molecule has 3 aliphatic rings. The average molecular weight is 492 g/mol. The summed E-state index contributed by atoms with van der Waals surface area (Å²) in [6, 6.07) is 7.32. The molecule has 0 spiro atoms. The van der Waals surface area contributed by atoms with Crippen LogP contribution in [0.15, 0.2) is 66.3 Å². The molecule has 9 heteroatoms. The van der Waals surface area contributed by atoms with E-state index in [0.717, 1.165) is 60.2 Å². The van der Waals surface area contributed by atoms with Crippen LogP contribution in [-0.4, -0.2) is 50.7 Å². The zero-order valence-electron chi connectivity index (χ0n) is 20.8. The number of aromatic nitrogens is 3. The van der Waals surface area contributed by atoms with Crippen molar-refractivity contribution in [3.05, 3.63) is 77.7 Å². The first-order valence-corrected chi connectivity index (χ1v) is 12.7. The molecular formula is C27H35N6O3+. The number of rotatable bonds is 7. The van der Waals surface area contributed by atoms with E-state index >= 15 is 0 Å². The lowest BCUT2D eigenvalue weighted by Gasteiger charge is -2.33. The van der Waals surface area contributed by atoms with Crippen molar-refractivity contribution >= 4 is 11.6 Å². The highest BCUT2D eigenvalue weighted by Crippen LogP contribution is 2.38. The number of nitrogens with zero attached hydrogens (tertiary/aromatic N) is 3. The second-order valence-electron chi connectivity index (χ2n) is 10.3. The largest absolute Gasteiger partial charge is 0.390 e. The molecular weight excluding hydrogens is 456 g/mol. The van der Waals surface area contributed by atoms with Crippen molar-refractivity contribution in [2.75, 3.05) is 7.05 Å². The van der Waals surface area contributed by atoms with Gasteiger partial charge in [-0.25, -0.2) is 4.68 Å². The zero-order chi connectivity index (χ0) is 25.3. The summed E-state index contributed by atoms with van der Waals surface area (Å²) in [4.78, 5) is 13.3. The predicted octanol–water partition coefficient (Wildman–Crippen LogP) is 2.21. The molecule has 9 nitrogen and oxygen atoms in total. The number of likely N-dealkylation sites (N-methyl/N-ethyl adjacent to an activating group) is 1. The molecule has 1 unspecified atom stereocenters. The quantitative estimate of drug-likeness (QED) is 0.300. The molecule has 0 radical (unpaired) electrons. The number of allylic oxidation sites excluding steroid dienone is 1. The Kier molecular flexibility index (Phi) is 6.68. The van der Waals surface area contributed by atoms with Gasteiger partial charge in [-0.2, -0.15) is 5.10 Å². The first-order chi connectivity index (χ1) is 17.3. The van der Waals surface area contributed by atoms with Crippen molar-refractivity contribution in [1.82, 2.24) is 25.7 Å². The van der Waals surface area contributed by atoms with E-state index in [1.807, 2.05) is 56.7 Å². The number of carbonyl (C=O) groups is 1. The van der Waals surface area contributed by atoms with Gasteiger partial charge in [0, 0.05) is 47.4 Å². The summed E-state index contributed by atoms with van der Waals surface area (Å²) in [6.45, 7) is 1.90. The van der Waals surface area contributed by atoms with Crippen molar-refractivity contribution in [1.29, 1.82) is 0 Å². The summed E-state index contributed by atoms with van der Waals surface area (Å²) >= 11 is 0. The maximum Gasteiger partial charge on any atom is 0.325 e. The van der Waals surface area contributed by atoms with Crippen LogP contribution in [0.4, 0.5) is 0 Å². The molecule has 3 aliphatic carbocycles.